The average molecular weight is 473 g/mol. The number of ether oxygens (including phenoxy) is 4. The van der Waals surface area contributed by atoms with Crippen molar-refractivity contribution in [1.82, 2.24) is 0 Å². The van der Waals surface area contributed by atoms with E-state index in [0.29, 0.717) is 0 Å². The molecule has 2 aliphatic rings. The summed E-state index contributed by atoms with van der Waals surface area (Å²) in [5.74, 6) is 0.373. The minimum atomic E-state index is -1.14. The summed E-state index contributed by atoms with van der Waals surface area (Å²) in [4.78, 5) is 23.9. The monoisotopic (exact) mass is 472 g/mol. The second-order valence-corrected chi connectivity index (χ2v) is 9.48. The molecular weight excluding hydrogens is 432 g/mol. The highest BCUT2D eigenvalue weighted by atomic mass is 16.8. The lowest BCUT2D eigenvalue weighted by Crippen LogP contribution is -2.38. The summed E-state index contributed by atoms with van der Waals surface area (Å²) in [6, 6.07) is 7.90. The minimum Gasteiger partial charge on any atom is -0.467 e. The second kappa shape index (κ2) is 13.6. The molecule has 1 aromatic rings. The van der Waals surface area contributed by atoms with Crippen molar-refractivity contribution in [3.63, 3.8) is 0 Å². The lowest BCUT2D eigenvalue weighted by atomic mass is 9.79. The van der Waals surface area contributed by atoms with E-state index in [9.17, 15) is 9.59 Å². The third-order valence-corrected chi connectivity index (χ3v) is 7.05. The first-order chi connectivity index (χ1) is 16.5. The molecule has 1 aliphatic carbocycles. The molecule has 1 saturated heterocycles. The first-order valence-electron chi connectivity index (χ1n) is 12.8. The van der Waals surface area contributed by atoms with Gasteiger partial charge in [0.25, 0.3) is 0 Å². The van der Waals surface area contributed by atoms with Crippen LogP contribution in [-0.2, 0) is 35.0 Å². The van der Waals surface area contributed by atoms with E-state index in [0.717, 1.165) is 30.2 Å². The van der Waals surface area contributed by atoms with Crippen LogP contribution in [0.2, 0.25) is 0 Å². The molecule has 6 nitrogen and oxygen atoms in total. The zero-order chi connectivity index (χ0) is 24.3. The number of carbonyl (C=O) groups is 2. The van der Waals surface area contributed by atoms with Gasteiger partial charge in [0, 0.05) is 5.56 Å². The van der Waals surface area contributed by atoms with Gasteiger partial charge in [-0.1, -0.05) is 69.0 Å². The number of benzene rings is 1. The molecule has 1 aliphatic heterocycles. The maximum atomic E-state index is 12.0. The maximum Gasteiger partial charge on any atom is 0.338 e. The number of rotatable bonds is 11. The summed E-state index contributed by atoms with van der Waals surface area (Å²) in [6.45, 7) is 2.28. The number of hydrogen-bond donors (Lipinski definition) is 0. The molecule has 34 heavy (non-hydrogen) atoms. The van der Waals surface area contributed by atoms with Crippen molar-refractivity contribution < 1.29 is 28.5 Å². The standard InChI is InChI=1S/C28H40O6/c1-4-5-6-9-20-12-14-21(15-13-20)10-7-8-11-22-16-18-23(19-17-22)28-33-24(26(29)31-2)25(34-28)27(30)32-3/h7,10,16-21,24-25,28H,4-6,8-9,11-15H2,1-3H3/b10-7+/t20?,21?,24-,25-/m1/s1. The summed E-state index contributed by atoms with van der Waals surface area (Å²) in [5.41, 5.74) is 1.97. The van der Waals surface area contributed by atoms with Gasteiger partial charge in [0.2, 0.25) is 0 Å². The van der Waals surface area contributed by atoms with Gasteiger partial charge in [-0.25, -0.2) is 9.59 Å². The predicted octanol–water partition coefficient (Wildman–Crippen LogP) is 5.69. The van der Waals surface area contributed by atoms with Gasteiger partial charge < -0.3 is 18.9 Å². The molecule has 0 aromatic heterocycles. The van der Waals surface area contributed by atoms with Crippen molar-refractivity contribution in [3.8, 4) is 0 Å². The lowest BCUT2D eigenvalue weighted by molar-refractivity contribution is -0.160. The van der Waals surface area contributed by atoms with Gasteiger partial charge in [0.15, 0.2) is 18.5 Å². The molecule has 0 spiro atoms. The summed E-state index contributed by atoms with van der Waals surface area (Å²) in [6.07, 6.45) is 14.6. The van der Waals surface area contributed by atoms with Gasteiger partial charge in [-0.3, -0.25) is 0 Å². The third-order valence-electron chi connectivity index (χ3n) is 7.05. The Labute approximate surface area is 204 Å². The van der Waals surface area contributed by atoms with Crippen molar-refractivity contribution in [1.29, 1.82) is 0 Å². The lowest BCUT2D eigenvalue weighted by Gasteiger charge is -2.26. The average Bonchev–Trinajstić information content (AvgIpc) is 3.32. The Morgan fingerprint density at radius 1 is 0.941 bits per heavy atom. The number of esters is 2. The number of aryl methyl sites for hydroxylation is 1. The Morgan fingerprint density at radius 2 is 1.56 bits per heavy atom. The highest BCUT2D eigenvalue weighted by Gasteiger charge is 2.47. The maximum absolute atomic E-state index is 12.0. The number of methoxy groups -OCH3 is 2. The van der Waals surface area contributed by atoms with E-state index < -0.39 is 30.4 Å². The molecule has 1 heterocycles. The van der Waals surface area contributed by atoms with Gasteiger partial charge in [-0.2, -0.15) is 0 Å². The molecule has 1 aromatic carbocycles. The van der Waals surface area contributed by atoms with Crippen molar-refractivity contribution in [3.05, 3.63) is 47.5 Å². The third kappa shape index (κ3) is 7.41. The van der Waals surface area contributed by atoms with Crippen LogP contribution in [-0.4, -0.2) is 38.4 Å². The zero-order valence-electron chi connectivity index (χ0n) is 20.9. The van der Waals surface area contributed by atoms with Crippen LogP contribution in [0.4, 0.5) is 0 Å². The Balaban J connectivity index is 1.43. The molecule has 0 radical (unpaired) electrons. The number of allylic oxidation sites excluding steroid dienone is 2. The molecule has 1 saturated carbocycles. The summed E-state index contributed by atoms with van der Waals surface area (Å²) < 4.78 is 20.8. The van der Waals surface area contributed by atoms with Crippen LogP contribution in [0.3, 0.4) is 0 Å². The van der Waals surface area contributed by atoms with E-state index in [1.165, 1.54) is 71.1 Å². The van der Waals surface area contributed by atoms with E-state index in [1.807, 2.05) is 24.3 Å². The van der Waals surface area contributed by atoms with E-state index in [2.05, 4.69) is 19.1 Å². The van der Waals surface area contributed by atoms with Gasteiger partial charge in [0.05, 0.1) is 14.2 Å². The van der Waals surface area contributed by atoms with Crippen molar-refractivity contribution >= 4 is 11.9 Å². The fraction of sp³-hybridized carbons (Fsp3) is 0.643. The van der Waals surface area contributed by atoms with Crippen LogP contribution in [0.15, 0.2) is 36.4 Å². The van der Waals surface area contributed by atoms with Crippen molar-refractivity contribution in [2.75, 3.05) is 14.2 Å². The van der Waals surface area contributed by atoms with Crippen molar-refractivity contribution in [2.45, 2.75) is 89.6 Å². The van der Waals surface area contributed by atoms with Gasteiger partial charge in [-0.05, 0) is 55.9 Å². The Morgan fingerprint density at radius 3 is 2.12 bits per heavy atom. The summed E-state index contributed by atoms with van der Waals surface area (Å²) in [5, 5.41) is 0. The largest absolute Gasteiger partial charge is 0.467 e. The highest BCUT2D eigenvalue weighted by Crippen LogP contribution is 2.34. The van der Waals surface area contributed by atoms with Crippen LogP contribution in [0.1, 0.15) is 82.1 Å². The first kappa shape index (κ1) is 26.4. The van der Waals surface area contributed by atoms with Crippen LogP contribution in [0.25, 0.3) is 0 Å². The Kier molecular flexibility index (Phi) is 10.6. The fourth-order valence-corrected chi connectivity index (χ4v) is 4.92. The Hall–Kier alpha value is -2.18. The number of carbonyl (C=O) groups excluding carboxylic acids is 2. The highest BCUT2D eigenvalue weighted by molar-refractivity contribution is 5.86. The van der Waals surface area contributed by atoms with E-state index >= 15 is 0 Å². The molecule has 0 N–H and O–H groups in total. The predicted molar refractivity (Wildman–Crippen MR) is 130 cm³/mol. The van der Waals surface area contributed by atoms with Gasteiger partial charge >= 0.3 is 11.9 Å². The van der Waals surface area contributed by atoms with E-state index in [4.69, 9.17) is 18.9 Å². The van der Waals surface area contributed by atoms with Crippen LogP contribution in [0.5, 0.6) is 0 Å². The molecule has 3 rings (SSSR count). The number of unbranched alkanes of at least 4 members (excludes halogenated alkanes) is 2. The molecule has 0 bridgehead atoms. The topological polar surface area (TPSA) is 71.1 Å². The summed E-state index contributed by atoms with van der Waals surface area (Å²) in [7, 11) is 2.49. The second-order valence-electron chi connectivity index (χ2n) is 9.48. The van der Waals surface area contributed by atoms with E-state index in [1.54, 1.807) is 0 Å². The molecule has 2 fully saturated rings. The molecule has 0 unspecified atom stereocenters. The molecule has 2 atom stereocenters. The van der Waals surface area contributed by atoms with Crippen molar-refractivity contribution in [2.24, 2.45) is 11.8 Å². The zero-order valence-corrected chi connectivity index (χ0v) is 20.9. The van der Waals surface area contributed by atoms with Gasteiger partial charge in [0.1, 0.15) is 0 Å². The molecule has 0 amide bonds. The van der Waals surface area contributed by atoms with Gasteiger partial charge in [-0.15, -0.1) is 0 Å². The van der Waals surface area contributed by atoms with Crippen LogP contribution in [0, 0.1) is 11.8 Å². The SMILES string of the molecule is CCCCCC1CCC(/C=C/CCc2ccc(C3O[C@@H](C(=O)OC)[C@H](C(=O)OC)O3)cc2)CC1. The minimum absolute atomic E-state index is 0.661. The first-order valence-corrected chi connectivity index (χ1v) is 12.8. The molecule has 188 valence electrons. The van der Waals surface area contributed by atoms with E-state index in [-0.39, 0.29) is 0 Å². The van der Waals surface area contributed by atoms with Crippen LogP contribution < -0.4 is 0 Å². The number of hydrogen-bond acceptors (Lipinski definition) is 6. The Bertz CT molecular complexity index is 770. The molecular formula is C28H40O6. The van der Waals surface area contributed by atoms with Crippen LogP contribution >= 0.6 is 0 Å². The fourth-order valence-electron chi connectivity index (χ4n) is 4.92. The smallest absolute Gasteiger partial charge is 0.338 e. The quantitative estimate of drug-likeness (QED) is 0.234. The molecule has 6 heteroatoms. The summed E-state index contributed by atoms with van der Waals surface area (Å²) >= 11 is 0. The normalized spacial score (nSPS) is 25.5.